The van der Waals surface area contributed by atoms with E-state index in [9.17, 15) is 37.5 Å². The molecule has 4 saturated heterocycles. The molecule has 6 amide bonds. The molecule has 0 saturated carbocycles. The smallest absolute Gasteiger partial charge is 0.255 e. The van der Waals surface area contributed by atoms with Crippen LogP contribution >= 0.6 is 0 Å². The normalized spacial score (nSPS) is 16.9. The maximum absolute atomic E-state index is 13.6. The van der Waals surface area contributed by atoms with Crippen molar-refractivity contribution >= 4 is 69.6 Å². The van der Waals surface area contributed by atoms with Crippen LogP contribution in [0.2, 0.25) is 0 Å². The number of nitrogens with one attached hydrogen (secondary N) is 6. The fourth-order valence-electron chi connectivity index (χ4n) is 10.5. The number of hydrogen-bond acceptors (Lipinski definition) is 10. The molecule has 0 unspecified atom stereocenters. The van der Waals surface area contributed by atoms with Crippen LogP contribution in [0.5, 0.6) is 0 Å². The number of hydrogen-bond donors (Lipinski definition) is 8. The van der Waals surface area contributed by atoms with Gasteiger partial charge in [0.25, 0.3) is 11.8 Å². The Kier molecular flexibility index (Phi) is 16.4. The summed E-state index contributed by atoms with van der Waals surface area (Å²) in [5, 5.41) is 18.2. The summed E-state index contributed by atoms with van der Waals surface area (Å²) < 4.78 is 26.6. The Labute approximate surface area is 445 Å². The summed E-state index contributed by atoms with van der Waals surface area (Å²) in [7, 11) is 0. The highest BCUT2D eigenvalue weighted by atomic mass is 19.1. The highest BCUT2D eigenvalue weighted by Gasteiger charge is 2.49. The number of piperidine rings is 3. The summed E-state index contributed by atoms with van der Waals surface area (Å²) >= 11 is 0. The van der Waals surface area contributed by atoms with Gasteiger partial charge in [-0.25, -0.2) is 8.78 Å². The van der Waals surface area contributed by atoms with Crippen LogP contribution in [0.1, 0.15) is 78.5 Å². The Morgan fingerprint density at radius 3 is 1.19 bits per heavy atom. The molecular formula is C59H62F2N10O6. The Balaban J connectivity index is 0.000000188. The van der Waals surface area contributed by atoms with Gasteiger partial charge in [-0.1, -0.05) is 36.4 Å². The van der Waals surface area contributed by atoms with E-state index >= 15 is 0 Å². The Hall–Kier alpha value is -8.48. The zero-order valence-corrected chi connectivity index (χ0v) is 42.6. The molecular weight excluding hydrogens is 983 g/mol. The molecule has 0 spiro atoms. The van der Waals surface area contributed by atoms with Gasteiger partial charge in [0.15, 0.2) is 0 Å². The number of likely N-dealkylation sites (tertiary alicyclic amines) is 2. The number of anilines is 6. The average Bonchev–Trinajstić information content (AvgIpc) is 3.91. The van der Waals surface area contributed by atoms with Gasteiger partial charge in [-0.15, -0.1) is 0 Å². The highest BCUT2D eigenvalue weighted by Crippen LogP contribution is 2.35. The maximum atomic E-state index is 13.6. The minimum Gasteiger partial charge on any atom is -0.397 e. The predicted octanol–water partition coefficient (Wildman–Crippen LogP) is 8.41. The molecule has 77 heavy (non-hydrogen) atoms. The lowest BCUT2D eigenvalue weighted by atomic mass is 9.83. The average molecular weight is 1050 g/mol. The van der Waals surface area contributed by atoms with E-state index in [4.69, 9.17) is 11.5 Å². The summed E-state index contributed by atoms with van der Waals surface area (Å²) in [5.74, 6) is -1.70. The molecule has 4 heterocycles. The SMILES string of the molecule is Nc1ccc(-c2ccc(F)cc2)cc1NC(=O)c1ccc(NC(=O)C2(N3CCCC3=O)CCNCC2)cc1.Nc1ccc(-c2ccc(F)cc2)cc1NC(=O)c1ccc(NC(=O)C2(N3CCCCC3=O)CCNCC2)cc1. The van der Waals surface area contributed by atoms with Crippen LogP contribution in [0, 0.1) is 11.6 Å². The summed E-state index contributed by atoms with van der Waals surface area (Å²) in [6.07, 6.45) is 5.71. The first-order valence-electron chi connectivity index (χ1n) is 26.0. The molecule has 398 valence electrons. The Bertz CT molecular complexity index is 3140. The second-order valence-electron chi connectivity index (χ2n) is 19.8. The first kappa shape index (κ1) is 53.3. The maximum Gasteiger partial charge on any atom is 0.255 e. The fourth-order valence-corrected chi connectivity index (χ4v) is 10.5. The number of benzene rings is 6. The molecule has 0 radical (unpaired) electrons. The Morgan fingerprint density at radius 1 is 0.455 bits per heavy atom. The van der Waals surface area contributed by atoms with E-state index in [0.29, 0.717) is 123 Å². The quantitative estimate of drug-likeness (QED) is 0.0545. The summed E-state index contributed by atoms with van der Waals surface area (Å²) in [6, 6.07) is 35.8. The van der Waals surface area contributed by atoms with Crippen molar-refractivity contribution in [1.29, 1.82) is 0 Å². The standard InChI is InChI=1S/C30H32FN5O3.C29H30FN5O3/c31-23-9-4-20(5-10-23)22-8-13-25(32)26(19-22)35-28(38)21-6-11-24(12-7-21)34-29(39)30(14-16-33-17-15-30)36-18-2-1-3-27(36)37;30-22-8-3-19(4-9-22)21-7-12-24(31)25(18-21)34-27(37)20-5-10-23(11-6-20)33-28(38)29(13-15-32-16-14-29)35-17-1-2-26(35)36/h4-13,19,33H,1-3,14-18,32H2,(H,34,39)(H,35,38);3-12,18,32H,1-2,13-17,31H2,(H,33,38)(H,34,37). The van der Waals surface area contributed by atoms with Crippen molar-refractivity contribution in [3.05, 3.63) is 156 Å². The molecule has 4 aliphatic rings. The topological polar surface area (TPSA) is 233 Å². The molecule has 10 N–H and O–H groups in total. The van der Waals surface area contributed by atoms with Gasteiger partial charge in [-0.05, 0) is 190 Å². The molecule has 16 nitrogen and oxygen atoms in total. The van der Waals surface area contributed by atoms with Gasteiger partial charge in [0.1, 0.15) is 22.7 Å². The van der Waals surface area contributed by atoms with E-state index in [-0.39, 0.29) is 47.1 Å². The number of nitrogens with zero attached hydrogens (tertiary/aromatic N) is 2. The summed E-state index contributed by atoms with van der Waals surface area (Å²) in [5.41, 5.74) is 17.2. The lowest BCUT2D eigenvalue weighted by Crippen LogP contribution is -2.64. The monoisotopic (exact) mass is 1040 g/mol. The molecule has 0 bridgehead atoms. The number of carbonyl (C=O) groups is 6. The number of halogens is 2. The van der Waals surface area contributed by atoms with E-state index in [0.717, 1.165) is 41.5 Å². The molecule has 6 aromatic rings. The second kappa shape index (κ2) is 23.6. The molecule has 6 aromatic carbocycles. The largest absolute Gasteiger partial charge is 0.397 e. The van der Waals surface area contributed by atoms with E-state index in [1.807, 2.05) is 6.07 Å². The zero-order chi connectivity index (χ0) is 54.1. The third-order valence-corrected chi connectivity index (χ3v) is 14.9. The third-order valence-electron chi connectivity index (χ3n) is 14.9. The van der Waals surface area contributed by atoms with Crippen LogP contribution in [0.15, 0.2) is 133 Å². The van der Waals surface area contributed by atoms with Crippen molar-refractivity contribution < 1.29 is 37.5 Å². The van der Waals surface area contributed by atoms with Crippen molar-refractivity contribution in [1.82, 2.24) is 20.4 Å². The number of amides is 6. The van der Waals surface area contributed by atoms with Gasteiger partial charge < -0.3 is 53.2 Å². The van der Waals surface area contributed by atoms with Crippen molar-refractivity contribution in [3.8, 4) is 22.3 Å². The van der Waals surface area contributed by atoms with Gasteiger partial charge in [0.2, 0.25) is 23.6 Å². The van der Waals surface area contributed by atoms with Crippen LogP contribution in [-0.4, -0.2) is 95.6 Å². The Morgan fingerprint density at radius 2 is 0.818 bits per heavy atom. The van der Waals surface area contributed by atoms with Crippen molar-refractivity contribution in [3.63, 3.8) is 0 Å². The first-order valence-corrected chi connectivity index (χ1v) is 26.0. The fraction of sp³-hybridized carbons (Fsp3) is 0.288. The van der Waals surface area contributed by atoms with Crippen molar-refractivity contribution in [2.75, 3.05) is 72.0 Å². The molecule has 18 heteroatoms. The third kappa shape index (κ3) is 12.1. The highest BCUT2D eigenvalue weighted by molar-refractivity contribution is 6.08. The lowest BCUT2D eigenvalue weighted by molar-refractivity contribution is -0.149. The number of rotatable bonds is 12. The summed E-state index contributed by atoms with van der Waals surface area (Å²) in [6.45, 7) is 3.86. The number of carbonyl (C=O) groups excluding carboxylic acids is 6. The first-order chi connectivity index (χ1) is 37.2. The minimum absolute atomic E-state index is 0.0249. The molecule has 4 aliphatic heterocycles. The number of nitrogen functional groups attached to an aromatic ring is 2. The van der Waals surface area contributed by atoms with E-state index in [1.54, 1.807) is 113 Å². The van der Waals surface area contributed by atoms with Gasteiger partial charge in [-0.2, -0.15) is 0 Å². The minimum atomic E-state index is -0.869. The summed E-state index contributed by atoms with van der Waals surface area (Å²) in [4.78, 5) is 81.7. The molecule has 0 aliphatic carbocycles. The van der Waals surface area contributed by atoms with Gasteiger partial charge in [0.05, 0.1) is 22.7 Å². The van der Waals surface area contributed by atoms with Gasteiger partial charge >= 0.3 is 0 Å². The van der Waals surface area contributed by atoms with E-state index in [2.05, 4.69) is 31.9 Å². The molecule has 0 aromatic heterocycles. The molecule has 4 fully saturated rings. The van der Waals surface area contributed by atoms with Crippen LogP contribution in [0.4, 0.5) is 42.9 Å². The number of nitrogens with two attached hydrogens (primary N) is 2. The van der Waals surface area contributed by atoms with Crippen LogP contribution in [0.25, 0.3) is 22.3 Å². The second-order valence-corrected chi connectivity index (χ2v) is 19.8. The molecule has 0 atom stereocenters. The lowest BCUT2D eigenvalue weighted by Gasteiger charge is -2.46. The molecule has 10 rings (SSSR count). The van der Waals surface area contributed by atoms with Crippen molar-refractivity contribution in [2.24, 2.45) is 0 Å². The predicted molar refractivity (Wildman–Crippen MR) is 295 cm³/mol. The van der Waals surface area contributed by atoms with E-state index < -0.39 is 11.1 Å². The van der Waals surface area contributed by atoms with E-state index in [1.165, 1.54) is 24.3 Å². The van der Waals surface area contributed by atoms with Crippen molar-refractivity contribution in [2.45, 2.75) is 68.9 Å². The van der Waals surface area contributed by atoms with Crippen LogP contribution < -0.4 is 43.4 Å². The van der Waals surface area contributed by atoms with Crippen LogP contribution in [-0.2, 0) is 19.2 Å². The van der Waals surface area contributed by atoms with Crippen LogP contribution in [0.3, 0.4) is 0 Å². The van der Waals surface area contributed by atoms with Gasteiger partial charge in [0, 0.05) is 48.4 Å². The zero-order valence-electron chi connectivity index (χ0n) is 42.6. The van der Waals surface area contributed by atoms with Gasteiger partial charge in [-0.3, -0.25) is 28.8 Å².